The van der Waals surface area contributed by atoms with Gasteiger partial charge >= 0.3 is 0 Å². The van der Waals surface area contributed by atoms with Crippen molar-refractivity contribution < 1.29 is 13.2 Å². The molecular formula is C14H22N2O3S. The first kappa shape index (κ1) is 15.1. The minimum absolute atomic E-state index is 0.422. The number of aryl methyl sites for hydroxylation is 1. The zero-order chi connectivity index (χ0) is 14.6. The van der Waals surface area contributed by atoms with E-state index in [9.17, 15) is 8.42 Å². The van der Waals surface area contributed by atoms with Crippen LogP contribution in [0.25, 0.3) is 0 Å². The molecule has 0 saturated carbocycles. The highest BCUT2D eigenvalue weighted by Crippen LogP contribution is 2.22. The van der Waals surface area contributed by atoms with Crippen LogP contribution in [-0.4, -0.2) is 33.9 Å². The molecular weight excluding hydrogens is 276 g/mol. The smallest absolute Gasteiger partial charge is 0.229 e. The summed E-state index contributed by atoms with van der Waals surface area (Å²) in [5.41, 5.74) is 2.56. The molecule has 0 radical (unpaired) electrons. The van der Waals surface area contributed by atoms with E-state index in [-0.39, 0.29) is 0 Å². The molecule has 5 nitrogen and oxygen atoms in total. The van der Waals surface area contributed by atoms with Gasteiger partial charge in [-0.15, -0.1) is 0 Å². The van der Waals surface area contributed by atoms with E-state index in [0.29, 0.717) is 11.7 Å². The maximum Gasteiger partial charge on any atom is 0.229 e. The van der Waals surface area contributed by atoms with E-state index in [1.54, 1.807) is 6.07 Å². The number of anilines is 2. The Bertz CT molecular complexity index is 550. The summed E-state index contributed by atoms with van der Waals surface area (Å²) in [5.74, 6) is 0. The highest BCUT2D eigenvalue weighted by molar-refractivity contribution is 7.92. The van der Waals surface area contributed by atoms with Gasteiger partial charge in [0, 0.05) is 24.9 Å². The fraction of sp³-hybridized carbons (Fsp3) is 0.571. The summed E-state index contributed by atoms with van der Waals surface area (Å²) in [7, 11) is -3.23. The minimum atomic E-state index is -3.23. The monoisotopic (exact) mass is 298 g/mol. The van der Waals surface area contributed by atoms with Gasteiger partial charge in [-0.1, -0.05) is 0 Å². The van der Waals surface area contributed by atoms with Crippen molar-refractivity contribution in [1.29, 1.82) is 0 Å². The van der Waals surface area contributed by atoms with E-state index in [1.165, 1.54) is 0 Å². The Morgan fingerprint density at radius 3 is 2.75 bits per heavy atom. The molecule has 1 saturated heterocycles. The molecule has 0 spiro atoms. The van der Waals surface area contributed by atoms with E-state index in [0.717, 1.165) is 50.0 Å². The van der Waals surface area contributed by atoms with Crippen LogP contribution < -0.4 is 10.0 Å². The molecule has 1 aromatic rings. The van der Waals surface area contributed by atoms with Gasteiger partial charge in [-0.2, -0.15) is 0 Å². The van der Waals surface area contributed by atoms with Crippen LogP contribution in [0.1, 0.15) is 24.8 Å². The average Bonchev–Trinajstić information content (AvgIpc) is 2.60. The van der Waals surface area contributed by atoms with Crippen LogP contribution in [0.2, 0.25) is 0 Å². The number of sulfonamides is 1. The molecule has 1 atom stereocenters. The Labute approximate surface area is 120 Å². The van der Waals surface area contributed by atoms with Crippen LogP contribution in [0.15, 0.2) is 18.2 Å². The summed E-state index contributed by atoms with van der Waals surface area (Å²) < 4.78 is 30.5. The van der Waals surface area contributed by atoms with Gasteiger partial charge in [0.15, 0.2) is 0 Å². The second-order valence-corrected chi connectivity index (χ2v) is 7.04. The lowest BCUT2D eigenvalue weighted by Crippen LogP contribution is -2.19. The number of benzene rings is 1. The third kappa shape index (κ3) is 4.68. The zero-order valence-electron chi connectivity index (χ0n) is 12.0. The van der Waals surface area contributed by atoms with Crippen LogP contribution in [-0.2, 0) is 14.8 Å². The van der Waals surface area contributed by atoms with Crippen LogP contribution in [0.4, 0.5) is 11.4 Å². The Morgan fingerprint density at radius 2 is 2.05 bits per heavy atom. The lowest BCUT2D eigenvalue weighted by Gasteiger charge is -2.18. The van der Waals surface area contributed by atoms with E-state index < -0.39 is 10.0 Å². The molecule has 0 aliphatic carbocycles. The van der Waals surface area contributed by atoms with Gasteiger partial charge in [0.05, 0.1) is 11.9 Å². The zero-order valence-corrected chi connectivity index (χ0v) is 12.8. The molecule has 2 rings (SSSR count). The summed E-state index contributed by atoms with van der Waals surface area (Å²) in [6, 6.07) is 6.10. The molecule has 0 aromatic heterocycles. The summed E-state index contributed by atoms with van der Waals surface area (Å²) in [6.45, 7) is 3.54. The molecule has 1 aromatic carbocycles. The van der Waals surface area contributed by atoms with Gasteiger partial charge in [0.2, 0.25) is 10.0 Å². The van der Waals surface area contributed by atoms with Crippen molar-refractivity contribution >= 4 is 21.4 Å². The first-order chi connectivity index (χ1) is 9.44. The first-order valence-corrected chi connectivity index (χ1v) is 8.76. The predicted molar refractivity (Wildman–Crippen MR) is 81.7 cm³/mol. The molecule has 1 aliphatic heterocycles. The molecule has 112 valence electrons. The lowest BCUT2D eigenvalue weighted by molar-refractivity contribution is 0.144. The van der Waals surface area contributed by atoms with Crippen molar-refractivity contribution in [3.05, 3.63) is 23.8 Å². The molecule has 2 N–H and O–H groups in total. The van der Waals surface area contributed by atoms with E-state index in [2.05, 4.69) is 10.0 Å². The maximum absolute atomic E-state index is 11.3. The number of nitrogens with one attached hydrogen (secondary N) is 2. The Hall–Kier alpha value is -1.27. The second kappa shape index (κ2) is 6.45. The molecule has 1 aliphatic rings. The van der Waals surface area contributed by atoms with Crippen LogP contribution >= 0.6 is 0 Å². The fourth-order valence-corrected chi connectivity index (χ4v) is 2.98. The minimum Gasteiger partial charge on any atom is -0.382 e. The van der Waals surface area contributed by atoms with Crippen LogP contribution in [0, 0.1) is 6.92 Å². The van der Waals surface area contributed by atoms with E-state index in [1.807, 2.05) is 19.1 Å². The lowest BCUT2D eigenvalue weighted by atomic mass is 10.1. The Balaban J connectivity index is 2.04. The number of hydrogen-bond acceptors (Lipinski definition) is 4. The topological polar surface area (TPSA) is 67.4 Å². The van der Waals surface area contributed by atoms with Gasteiger partial charge in [-0.3, -0.25) is 4.72 Å². The van der Waals surface area contributed by atoms with Gasteiger partial charge < -0.3 is 10.1 Å². The van der Waals surface area contributed by atoms with Crippen molar-refractivity contribution in [2.45, 2.75) is 32.2 Å². The first-order valence-electron chi connectivity index (χ1n) is 6.87. The number of hydrogen-bond donors (Lipinski definition) is 2. The summed E-state index contributed by atoms with van der Waals surface area (Å²) in [4.78, 5) is 0. The van der Waals surface area contributed by atoms with Crippen molar-refractivity contribution in [3.8, 4) is 0 Å². The standard InChI is InChI=1S/C14H22N2O3S/c1-11-10-13(5-6-14(11)16-20(2,17)18)15-12-4-3-8-19-9-7-12/h5-6,10,12,15-16H,3-4,7-9H2,1-2H3. The largest absolute Gasteiger partial charge is 0.382 e. The highest BCUT2D eigenvalue weighted by Gasteiger charge is 2.13. The maximum atomic E-state index is 11.3. The molecule has 6 heteroatoms. The SMILES string of the molecule is Cc1cc(NC2CCCOCC2)ccc1NS(C)(=O)=O. The van der Waals surface area contributed by atoms with Crippen LogP contribution in [0.3, 0.4) is 0 Å². The summed E-state index contributed by atoms with van der Waals surface area (Å²) in [5, 5.41) is 3.49. The van der Waals surface area contributed by atoms with Crippen molar-refractivity contribution in [2.75, 3.05) is 29.5 Å². The third-order valence-corrected chi connectivity index (χ3v) is 3.94. The fourth-order valence-electron chi connectivity index (χ4n) is 2.35. The average molecular weight is 298 g/mol. The number of rotatable bonds is 4. The quantitative estimate of drug-likeness (QED) is 0.895. The Kier molecular flexibility index (Phi) is 4.88. The van der Waals surface area contributed by atoms with E-state index in [4.69, 9.17) is 4.74 Å². The number of ether oxygens (including phenoxy) is 1. The molecule has 1 unspecified atom stereocenters. The van der Waals surface area contributed by atoms with Gasteiger partial charge in [-0.25, -0.2) is 8.42 Å². The van der Waals surface area contributed by atoms with E-state index >= 15 is 0 Å². The van der Waals surface area contributed by atoms with Crippen LogP contribution in [0.5, 0.6) is 0 Å². The van der Waals surface area contributed by atoms with Gasteiger partial charge in [-0.05, 0) is 49.9 Å². The molecule has 0 amide bonds. The molecule has 20 heavy (non-hydrogen) atoms. The van der Waals surface area contributed by atoms with Gasteiger partial charge in [0.1, 0.15) is 0 Å². The van der Waals surface area contributed by atoms with Crippen molar-refractivity contribution in [1.82, 2.24) is 0 Å². The second-order valence-electron chi connectivity index (χ2n) is 5.29. The molecule has 1 heterocycles. The summed E-state index contributed by atoms with van der Waals surface area (Å²) >= 11 is 0. The molecule has 1 fully saturated rings. The van der Waals surface area contributed by atoms with Crippen molar-refractivity contribution in [2.24, 2.45) is 0 Å². The normalized spacial score (nSPS) is 20.2. The van der Waals surface area contributed by atoms with Crippen molar-refractivity contribution in [3.63, 3.8) is 0 Å². The Morgan fingerprint density at radius 1 is 1.25 bits per heavy atom. The third-order valence-electron chi connectivity index (χ3n) is 3.34. The summed E-state index contributed by atoms with van der Waals surface area (Å²) in [6.07, 6.45) is 4.33. The van der Waals surface area contributed by atoms with Gasteiger partial charge in [0.25, 0.3) is 0 Å². The molecule has 0 bridgehead atoms. The predicted octanol–water partition coefficient (Wildman–Crippen LogP) is 2.35. The highest BCUT2D eigenvalue weighted by atomic mass is 32.2.